The number of methoxy groups -OCH3 is 1. The SMILES string of the molecule is COC(=O)c1ccc(-c2ccc(/C=N/NC(=O)c3ccc(-n4c(C)ccc4-c4ccccc4)cc3)o2)cc1. The summed E-state index contributed by atoms with van der Waals surface area (Å²) in [5, 5.41) is 4.03. The molecular formula is C31H25N3O4. The molecule has 1 N–H and O–H groups in total. The number of aryl methyl sites for hydroxylation is 1. The van der Waals surface area contributed by atoms with Crippen LogP contribution in [-0.2, 0) is 4.74 Å². The monoisotopic (exact) mass is 503 g/mol. The highest BCUT2D eigenvalue weighted by molar-refractivity contribution is 5.95. The van der Waals surface area contributed by atoms with Gasteiger partial charge in [-0.2, -0.15) is 5.10 Å². The van der Waals surface area contributed by atoms with Crippen LogP contribution in [0, 0.1) is 6.92 Å². The first kappa shape index (κ1) is 24.5. The molecule has 0 fully saturated rings. The van der Waals surface area contributed by atoms with Gasteiger partial charge in [0.2, 0.25) is 0 Å². The van der Waals surface area contributed by atoms with Gasteiger partial charge in [-0.1, -0.05) is 42.5 Å². The van der Waals surface area contributed by atoms with Crippen LogP contribution in [0.2, 0.25) is 0 Å². The second-order valence-corrected chi connectivity index (χ2v) is 8.58. The van der Waals surface area contributed by atoms with Gasteiger partial charge in [0, 0.05) is 22.5 Å². The van der Waals surface area contributed by atoms with E-state index >= 15 is 0 Å². The molecule has 0 aliphatic rings. The number of hydrazone groups is 1. The van der Waals surface area contributed by atoms with Crippen molar-refractivity contribution in [3.63, 3.8) is 0 Å². The third kappa shape index (κ3) is 5.17. The average Bonchev–Trinajstić information content (AvgIpc) is 3.60. The van der Waals surface area contributed by atoms with Crippen molar-refractivity contribution < 1.29 is 18.7 Å². The molecule has 0 saturated heterocycles. The number of aromatic nitrogens is 1. The molecule has 7 nitrogen and oxygen atoms in total. The van der Waals surface area contributed by atoms with E-state index in [-0.39, 0.29) is 5.91 Å². The zero-order chi connectivity index (χ0) is 26.5. The zero-order valence-electron chi connectivity index (χ0n) is 20.9. The molecule has 2 aromatic heterocycles. The molecule has 0 bridgehead atoms. The van der Waals surface area contributed by atoms with Crippen molar-refractivity contribution >= 4 is 18.1 Å². The van der Waals surface area contributed by atoms with Gasteiger partial charge in [-0.3, -0.25) is 4.79 Å². The van der Waals surface area contributed by atoms with Crippen LogP contribution in [0.15, 0.2) is 113 Å². The summed E-state index contributed by atoms with van der Waals surface area (Å²) in [5.41, 5.74) is 8.56. The number of esters is 1. The van der Waals surface area contributed by atoms with Crippen molar-refractivity contribution in [1.82, 2.24) is 9.99 Å². The summed E-state index contributed by atoms with van der Waals surface area (Å²) in [6.07, 6.45) is 1.44. The average molecular weight is 504 g/mol. The Morgan fingerprint density at radius 1 is 0.816 bits per heavy atom. The number of amides is 1. The van der Waals surface area contributed by atoms with E-state index in [0.717, 1.165) is 28.2 Å². The Morgan fingerprint density at radius 2 is 1.53 bits per heavy atom. The van der Waals surface area contributed by atoms with E-state index in [1.165, 1.54) is 13.3 Å². The normalized spacial score (nSPS) is 11.0. The fraction of sp³-hybridized carbons (Fsp3) is 0.0645. The maximum Gasteiger partial charge on any atom is 0.337 e. The number of nitrogens with zero attached hydrogens (tertiary/aromatic N) is 2. The number of carbonyl (C=O) groups is 2. The topological polar surface area (TPSA) is 85.8 Å². The summed E-state index contributed by atoms with van der Waals surface area (Å²) in [6, 6.07) is 32.2. The third-order valence-corrected chi connectivity index (χ3v) is 6.11. The Morgan fingerprint density at radius 3 is 2.24 bits per heavy atom. The molecule has 5 rings (SSSR count). The predicted molar refractivity (Wildman–Crippen MR) is 146 cm³/mol. The van der Waals surface area contributed by atoms with Gasteiger partial charge in [-0.25, -0.2) is 10.2 Å². The lowest BCUT2D eigenvalue weighted by Crippen LogP contribution is -2.17. The van der Waals surface area contributed by atoms with Crippen LogP contribution >= 0.6 is 0 Å². The van der Waals surface area contributed by atoms with Crippen molar-refractivity contribution in [1.29, 1.82) is 0 Å². The Bertz CT molecular complexity index is 1600. The lowest BCUT2D eigenvalue weighted by atomic mass is 10.1. The number of ether oxygens (including phenoxy) is 1. The zero-order valence-corrected chi connectivity index (χ0v) is 20.9. The highest BCUT2D eigenvalue weighted by atomic mass is 16.5. The smallest absolute Gasteiger partial charge is 0.337 e. The van der Waals surface area contributed by atoms with Gasteiger partial charge in [0.05, 0.1) is 24.6 Å². The van der Waals surface area contributed by atoms with Gasteiger partial charge in [0.15, 0.2) is 0 Å². The Kier molecular flexibility index (Phi) is 6.99. The number of nitrogens with one attached hydrogen (secondary N) is 1. The summed E-state index contributed by atoms with van der Waals surface area (Å²) in [4.78, 5) is 24.2. The molecule has 0 atom stereocenters. The fourth-order valence-electron chi connectivity index (χ4n) is 4.16. The molecule has 0 radical (unpaired) electrons. The van der Waals surface area contributed by atoms with Crippen LogP contribution in [0.25, 0.3) is 28.3 Å². The lowest BCUT2D eigenvalue weighted by molar-refractivity contribution is 0.0600. The van der Waals surface area contributed by atoms with Gasteiger partial charge in [-0.05, 0) is 73.2 Å². The molecule has 0 saturated carbocycles. The van der Waals surface area contributed by atoms with Crippen LogP contribution in [0.4, 0.5) is 0 Å². The predicted octanol–water partition coefficient (Wildman–Crippen LogP) is 6.26. The van der Waals surface area contributed by atoms with Gasteiger partial charge in [0.25, 0.3) is 5.91 Å². The molecular weight excluding hydrogens is 478 g/mol. The fourth-order valence-corrected chi connectivity index (χ4v) is 4.16. The van der Waals surface area contributed by atoms with Gasteiger partial charge in [-0.15, -0.1) is 0 Å². The molecule has 1 amide bonds. The standard InChI is InChI=1S/C31H25N3O4/c1-21-8-18-28(22-6-4-3-5-7-22)34(21)26-15-13-24(14-16-26)30(35)33-32-20-27-17-19-29(38-27)23-9-11-25(12-10-23)31(36)37-2/h3-20H,1-2H3,(H,33,35)/b32-20+. The quantitative estimate of drug-likeness (QED) is 0.161. The van der Waals surface area contributed by atoms with Gasteiger partial charge < -0.3 is 13.7 Å². The highest BCUT2D eigenvalue weighted by Crippen LogP contribution is 2.26. The third-order valence-electron chi connectivity index (χ3n) is 6.11. The molecule has 2 heterocycles. The van der Waals surface area contributed by atoms with Crippen LogP contribution < -0.4 is 5.43 Å². The van der Waals surface area contributed by atoms with E-state index in [2.05, 4.69) is 46.3 Å². The summed E-state index contributed by atoms with van der Waals surface area (Å²) in [5.74, 6) is 0.362. The Hall–Kier alpha value is -5.17. The summed E-state index contributed by atoms with van der Waals surface area (Å²) >= 11 is 0. The van der Waals surface area contributed by atoms with Crippen molar-refractivity contribution in [2.75, 3.05) is 7.11 Å². The van der Waals surface area contributed by atoms with Gasteiger partial charge >= 0.3 is 5.97 Å². The highest BCUT2D eigenvalue weighted by Gasteiger charge is 2.11. The number of hydrogen-bond acceptors (Lipinski definition) is 5. The molecule has 0 unspecified atom stereocenters. The van der Waals surface area contributed by atoms with Crippen molar-refractivity contribution in [2.45, 2.75) is 6.92 Å². The number of furan rings is 1. The van der Waals surface area contributed by atoms with Crippen molar-refractivity contribution in [3.8, 4) is 28.3 Å². The van der Waals surface area contributed by atoms with E-state index in [1.54, 1.807) is 48.5 Å². The van der Waals surface area contributed by atoms with E-state index in [4.69, 9.17) is 9.15 Å². The minimum absolute atomic E-state index is 0.328. The lowest BCUT2D eigenvalue weighted by Gasteiger charge is -2.12. The molecule has 3 aromatic carbocycles. The minimum atomic E-state index is -0.397. The van der Waals surface area contributed by atoms with Crippen LogP contribution in [0.1, 0.15) is 32.2 Å². The van der Waals surface area contributed by atoms with Crippen molar-refractivity contribution in [2.24, 2.45) is 5.10 Å². The van der Waals surface area contributed by atoms with Gasteiger partial charge in [0.1, 0.15) is 11.5 Å². The molecule has 7 heteroatoms. The van der Waals surface area contributed by atoms with E-state index in [9.17, 15) is 9.59 Å². The van der Waals surface area contributed by atoms with E-state index in [0.29, 0.717) is 22.6 Å². The Labute approximate surface area is 220 Å². The maximum absolute atomic E-state index is 12.6. The summed E-state index contributed by atoms with van der Waals surface area (Å²) in [6.45, 7) is 2.05. The molecule has 188 valence electrons. The maximum atomic E-state index is 12.6. The van der Waals surface area contributed by atoms with Crippen molar-refractivity contribution in [3.05, 3.63) is 126 Å². The molecule has 0 spiro atoms. The second-order valence-electron chi connectivity index (χ2n) is 8.58. The first-order valence-corrected chi connectivity index (χ1v) is 12.0. The number of carbonyl (C=O) groups excluding carboxylic acids is 2. The van der Waals surface area contributed by atoms with Crippen LogP contribution in [0.5, 0.6) is 0 Å². The van der Waals surface area contributed by atoms with E-state index in [1.807, 2.05) is 30.3 Å². The molecule has 38 heavy (non-hydrogen) atoms. The molecule has 0 aliphatic carbocycles. The summed E-state index contributed by atoms with van der Waals surface area (Å²) < 4.78 is 12.7. The summed E-state index contributed by atoms with van der Waals surface area (Å²) in [7, 11) is 1.34. The first-order valence-electron chi connectivity index (χ1n) is 12.0. The largest absolute Gasteiger partial charge is 0.465 e. The number of hydrogen-bond donors (Lipinski definition) is 1. The first-order chi connectivity index (χ1) is 18.5. The number of rotatable bonds is 7. The molecule has 5 aromatic rings. The number of benzene rings is 3. The van der Waals surface area contributed by atoms with Crippen LogP contribution in [-0.4, -0.2) is 29.8 Å². The van der Waals surface area contributed by atoms with E-state index < -0.39 is 5.97 Å². The molecule has 0 aliphatic heterocycles. The Balaban J connectivity index is 1.24. The minimum Gasteiger partial charge on any atom is -0.465 e. The van der Waals surface area contributed by atoms with Crippen LogP contribution in [0.3, 0.4) is 0 Å². The second kappa shape index (κ2) is 10.8.